The zero-order chi connectivity index (χ0) is 14.1. The highest BCUT2D eigenvalue weighted by Gasteiger charge is 2.08. The van der Waals surface area contributed by atoms with Crippen LogP contribution in [0.2, 0.25) is 0 Å². The Morgan fingerprint density at radius 1 is 1.32 bits per heavy atom. The first kappa shape index (κ1) is 15.4. The average molecular weight is 264 g/mol. The molecule has 1 aromatic heterocycles. The van der Waals surface area contributed by atoms with Gasteiger partial charge in [-0.2, -0.15) is 0 Å². The van der Waals surface area contributed by atoms with Crippen molar-refractivity contribution in [1.82, 2.24) is 15.5 Å². The van der Waals surface area contributed by atoms with Crippen molar-refractivity contribution < 1.29 is 4.79 Å². The van der Waals surface area contributed by atoms with Gasteiger partial charge in [-0.05, 0) is 24.5 Å². The molecular formula is C14H24N4O. The Bertz CT molecular complexity index is 378. The molecule has 1 aromatic rings. The monoisotopic (exact) mass is 264 g/mol. The van der Waals surface area contributed by atoms with Crippen LogP contribution in [0, 0.1) is 5.92 Å². The van der Waals surface area contributed by atoms with Gasteiger partial charge in [0, 0.05) is 13.6 Å². The summed E-state index contributed by atoms with van der Waals surface area (Å²) in [4.78, 5) is 11.3. The molecule has 0 aliphatic rings. The summed E-state index contributed by atoms with van der Waals surface area (Å²) in [6, 6.07) is 3.48. The summed E-state index contributed by atoms with van der Waals surface area (Å²) in [5.74, 6) is 1.18. The highest BCUT2D eigenvalue weighted by atomic mass is 16.1. The van der Waals surface area contributed by atoms with Crippen molar-refractivity contribution in [1.29, 1.82) is 0 Å². The van der Waals surface area contributed by atoms with Crippen molar-refractivity contribution in [2.45, 2.75) is 39.5 Å². The molecule has 0 fully saturated rings. The lowest BCUT2D eigenvalue weighted by atomic mass is 9.99. The van der Waals surface area contributed by atoms with Crippen LogP contribution in [0.5, 0.6) is 0 Å². The highest BCUT2D eigenvalue weighted by molar-refractivity contribution is 5.91. The van der Waals surface area contributed by atoms with Gasteiger partial charge in [-0.1, -0.05) is 33.1 Å². The zero-order valence-electron chi connectivity index (χ0n) is 12.1. The minimum atomic E-state index is -0.214. The van der Waals surface area contributed by atoms with Gasteiger partial charge >= 0.3 is 0 Å². The lowest BCUT2D eigenvalue weighted by Gasteiger charge is -2.15. The van der Waals surface area contributed by atoms with E-state index < -0.39 is 0 Å². The van der Waals surface area contributed by atoms with Crippen LogP contribution < -0.4 is 10.6 Å². The number of anilines is 1. The molecule has 0 saturated heterocycles. The molecule has 5 heteroatoms. The largest absolute Gasteiger partial charge is 0.368 e. The van der Waals surface area contributed by atoms with Gasteiger partial charge in [0.05, 0.1) is 0 Å². The third-order valence-corrected chi connectivity index (χ3v) is 3.24. The Morgan fingerprint density at radius 3 is 2.63 bits per heavy atom. The number of hydrogen-bond acceptors (Lipinski definition) is 4. The Hall–Kier alpha value is -1.65. The van der Waals surface area contributed by atoms with Crippen molar-refractivity contribution >= 4 is 11.7 Å². The van der Waals surface area contributed by atoms with E-state index in [1.807, 2.05) is 0 Å². The first-order valence-electron chi connectivity index (χ1n) is 7.00. The van der Waals surface area contributed by atoms with Crippen LogP contribution in [0.4, 0.5) is 5.82 Å². The maximum atomic E-state index is 11.3. The van der Waals surface area contributed by atoms with E-state index >= 15 is 0 Å². The molecule has 1 rings (SSSR count). The molecule has 0 aromatic carbocycles. The van der Waals surface area contributed by atoms with E-state index in [9.17, 15) is 4.79 Å². The van der Waals surface area contributed by atoms with Crippen LogP contribution >= 0.6 is 0 Å². The van der Waals surface area contributed by atoms with Crippen LogP contribution in [0.25, 0.3) is 0 Å². The fourth-order valence-electron chi connectivity index (χ4n) is 1.87. The number of unbranched alkanes of at least 4 members (excludes halogenated alkanes) is 1. The van der Waals surface area contributed by atoms with Crippen molar-refractivity contribution in [3.05, 3.63) is 17.8 Å². The summed E-state index contributed by atoms with van der Waals surface area (Å²) in [7, 11) is 1.58. The summed E-state index contributed by atoms with van der Waals surface area (Å²) in [6.45, 7) is 5.33. The molecule has 0 aliphatic heterocycles. The lowest BCUT2D eigenvalue weighted by Crippen LogP contribution is -2.20. The predicted octanol–water partition coefficient (Wildman–Crippen LogP) is 2.46. The Kier molecular flexibility index (Phi) is 6.85. The molecule has 0 radical (unpaired) electrons. The van der Waals surface area contributed by atoms with E-state index in [4.69, 9.17) is 0 Å². The molecule has 1 unspecified atom stereocenters. The van der Waals surface area contributed by atoms with E-state index in [-0.39, 0.29) is 5.91 Å². The quantitative estimate of drug-likeness (QED) is 0.757. The van der Waals surface area contributed by atoms with Gasteiger partial charge in [-0.3, -0.25) is 4.79 Å². The molecule has 0 bridgehead atoms. The Balaban J connectivity index is 2.46. The van der Waals surface area contributed by atoms with Gasteiger partial charge in [0.2, 0.25) is 0 Å². The number of nitrogens with one attached hydrogen (secondary N) is 2. The molecule has 0 spiro atoms. The Labute approximate surface area is 115 Å². The number of amides is 1. The maximum Gasteiger partial charge on any atom is 0.271 e. The van der Waals surface area contributed by atoms with Crippen LogP contribution in [-0.2, 0) is 0 Å². The molecule has 1 atom stereocenters. The molecule has 5 nitrogen and oxygen atoms in total. The SMILES string of the molecule is CCCCC(CC)CNc1ccc(C(=O)NC)nn1. The number of rotatable bonds is 8. The second kappa shape index (κ2) is 8.45. The third-order valence-electron chi connectivity index (χ3n) is 3.24. The molecule has 2 N–H and O–H groups in total. The van der Waals surface area contributed by atoms with Gasteiger partial charge < -0.3 is 10.6 Å². The smallest absolute Gasteiger partial charge is 0.271 e. The van der Waals surface area contributed by atoms with E-state index in [0.717, 1.165) is 18.8 Å². The van der Waals surface area contributed by atoms with Crippen molar-refractivity contribution in [2.75, 3.05) is 18.9 Å². The van der Waals surface area contributed by atoms with E-state index in [1.54, 1.807) is 19.2 Å². The van der Waals surface area contributed by atoms with Gasteiger partial charge in [-0.15, -0.1) is 10.2 Å². The summed E-state index contributed by atoms with van der Waals surface area (Å²) >= 11 is 0. The second-order valence-electron chi connectivity index (χ2n) is 4.68. The third kappa shape index (κ3) is 5.24. The molecule has 0 aliphatic carbocycles. The first-order valence-corrected chi connectivity index (χ1v) is 7.00. The van der Waals surface area contributed by atoms with Gasteiger partial charge in [0.25, 0.3) is 5.91 Å². The van der Waals surface area contributed by atoms with Gasteiger partial charge in [0.1, 0.15) is 5.82 Å². The summed E-state index contributed by atoms with van der Waals surface area (Å²) in [5.41, 5.74) is 0.339. The molecule has 0 saturated carbocycles. The molecular weight excluding hydrogens is 240 g/mol. The first-order chi connectivity index (χ1) is 9.21. The molecule has 1 heterocycles. The zero-order valence-corrected chi connectivity index (χ0v) is 12.1. The van der Waals surface area contributed by atoms with E-state index in [0.29, 0.717) is 11.6 Å². The number of hydrogen-bond donors (Lipinski definition) is 2. The normalized spacial score (nSPS) is 11.9. The Morgan fingerprint density at radius 2 is 2.11 bits per heavy atom. The summed E-state index contributed by atoms with van der Waals surface area (Å²) < 4.78 is 0. The van der Waals surface area contributed by atoms with Crippen molar-refractivity contribution in [3.63, 3.8) is 0 Å². The maximum absolute atomic E-state index is 11.3. The van der Waals surface area contributed by atoms with Crippen molar-refractivity contribution in [2.24, 2.45) is 5.92 Å². The van der Waals surface area contributed by atoms with Crippen LogP contribution in [0.15, 0.2) is 12.1 Å². The van der Waals surface area contributed by atoms with Crippen molar-refractivity contribution in [3.8, 4) is 0 Å². The van der Waals surface area contributed by atoms with Crippen LogP contribution in [0.1, 0.15) is 50.0 Å². The fourth-order valence-corrected chi connectivity index (χ4v) is 1.87. The number of carbonyl (C=O) groups is 1. The lowest BCUT2D eigenvalue weighted by molar-refractivity contribution is 0.0957. The number of aromatic nitrogens is 2. The van der Waals surface area contributed by atoms with Crippen LogP contribution in [0.3, 0.4) is 0 Å². The minimum absolute atomic E-state index is 0.214. The average Bonchev–Trinajstić information content (AvgIpc) is 2.47. The van der Waals surface area contributed by atoms with Crippen LogP contribution in [-0.4, -0.2) is 29.7 Å². The topological polar surface area (TPSA) is 66.9 Å². The molecule has 19 heavy (non-hydrogen) atoms. The predicted molar refractivity (Wildman–Crippen MR) is 77.2 cm³/mol. The minimum Gasteiger partial charge on any atom is -0.368 e. The fraction of sp³-hybridized carbons (Fsp3) is 0.643. The summed E-state index contributed by atoms with van der Waals surface area (Å²) in [6.07, 6.45) is 4.90. The van der Waals surface area contributed by atoms with Gasteiger partial charge in [-0.25, -0.2) is 0 Å². The number of carbonyl (C=O) groups excluding carboxylic acids is 1. The second-order valence-corrected chi connectivity index (χ2v) is 4.68. The molecule has 106 valence electrons. The van der Waals surface area contributed by atoms with E-state index in [1.165, 1.54) is 19.3 Å². The van der Waals surface area contributed by atoms with E-state index in [2.05, 4.69) is 34.7 Å². The summed E-state index contributed by atoms with van der Waals surface area (Å²) in [5, 5.41) is 13.7. The molecule has 1 amide bonds. The highest BCUT2D eigenvalue weighted by Crippen LogP contribution is 2.13. The van der Waals surface area contributed by atoms with Gasteiger partial charge in [0.15, 0.2) is 5.69 Å². The number of nitrogens with zero attached hydrogens (tertiary/aromatic N) is 2. The standard InChI is InChI=1S/C14H24N4O/c1-4-6-7-11(5-2)10-16-13-9-8-12(17-18-13)14(19)15-3/h8-9,11H,4-7,10H2,1-3H3,(H,15,19)(H,16,18).